The number of rotatable bonds is 6. The molecule has 29 heavy (non-hydrogen) atoms. The summed E-state index contributed by atoms with van der Waals surface area (Å²) in [4.78, 5) is 44.2. The van der Waals surface area contributed by atoms with Gasteiger partial charge in [-0.15, -0.1) is 0 Å². The van der Waals surface area contributed by atoms with E-state index in [4.69, 9.17) is 0 Å². The van der Waals surface area contributed by atoms with Gasteiger partial charge in [0.15, 0.2) is 0 Å². The topological polar surface area (TPSA) is 110 Å². The van der Waals surface area contributed by atoms with E-state index in [9.17, 15) is 14.4 Å². The molecule has 146 valence electrons. The summed E-state index contributed by atoms with van der Waals surface area (Å²) in [6, 6.07) is 12.8. The highest BCUT2D eigenvalue weighted by atomic mass is 16.5. The molecule has 3 aromatic rings. The minimum atomic E-state index is -0.474. The second-order valence-corrected chi connectivity index (χ2v) is 6.00. The summed E-state index contributed by atoms with van der Waals surface area (Å²) in [5, 5.41) is 5.44. The van der Waals surface area contributed by atoms with Gasteiger partial charge in [-0.3, -0.25) is 19.6 Å². The molecule has 0 saturated carbocycles. The molecular formula is C21H18N4O4. The Labute approximate surface area is 167 Å². The highest BCUT2D eigenvalue weighted by molar-refractivity contribution is 6.05. The number of esters is 1. The van der Waals surface area contributed by atoms with Crippen LogP contribution >= 0.6 is 0 Å². The fraction of sp³-hybridized carbons (Fsp3) is 0.0952. The van der Waals surface area contributed by atoms with Gasteiger partial charge < -0.3 is 15.4 Å². The van der Waals surface area contributed by atoms with E-state index in [-0.39, 0.29) is 11.6 Å². The second kappa shape index (κ2) is 9.23. The van der Waals surface area contributed by atoms with Gasteiger partial charge in [0.05, 0.1) is 12.7 Å². The maximum Gasteiger partial charge on any atom is 0.337 e. The van der Waals surface area contributed by atoms with Gasteiger partial charge >= 0.3 is 5.97 Å². The molecule has 0 spiro atoms. The van der Waals surface area contributed by atoms with Gasteiger partial charge in [-0.05, 0) is 48.0 Å². The third-order valence-corrected chi connectivity index (χ3v) is 3.99. The first-order valence-corrected chi connectivity index (χ1v) is 8.69. The third kappa shape index (κ3) is 5.23. The normalized spacial score (nSPS) is 10.1. The Kier molecular flexibility index (Phi) is 6.26. The number of nitrogens with one attached hydrogen (secondary N) is 2. The van der Waals surface area contributed by atoms with Crippen molar-refractivity contribution in [2.24, 2.45) is 0 Å². The fourth-order valence-electron chi connectivity index (χ4n) is 2.49. The highest BCUT2D eigenvalue weighted by Gasteiger charge is 2.13. The lowest BCUT2D eigenvalue weighted by Gasteiger charge is -2.08. The van der Waals surface area contributed by atoms with Crippen LogP contribution in [0.25, 0.3) is 0 Å². The first-order valence-electron chi connectivity index (χ1n) is 8.69. The molecule has 1 aromatic carbocycles. The number of methoxy groups -OCH3 is 1. The summed E-state index contributed by atoms with van der Waals surface area (Å²) in [7, 11) is 1.30. The molecule has 0 atom stereocenters. The van der Waals surface area contributed by atoms with E-state index in [0.29, 0.717) is 23.4 Å². The second-order valence-electron chi connectivity index (χ2n) is 6.00. The quantitative estimate of drug-likeness (QED) is 0.626. The molecule has 8 heteroatoms. The summed E-state index contributed by atoms with van der Waals surface area (Å²) in [6.45, 7) is 0.322. The van der Waals surface area contributed by atoms with E-state index in [0.717, 1.165) is 5.56 Å². The predicted octanol–water partition coefficient (Wildman–Crippen LogP) is 2.45. The SMILES string of the molecule is COC(=O)c1ccc(NC(=O)c2cc(C(=O)NCc3cccnc3)ccn2)cc1. The van der Waals surface area contributed by atoms with Gasteiger partial charge in [-0.1, -0.05) is 6.07 Å². The van der Waals surface area contributed by atoms with Gasteiger partial charge in [-0.25, -0.2) is 4.79 Å². The minimum absolute atomic E-state index is 0.0936. The standard InChI is InChI=1S/C21H18N4O4/c1-29-21(28)15-4-6-17(7-5-15)25-20(27)18-11-16(8-10-23-18)19(26)24-13-14-3-2-9-22-12-14/h2-12H,13H2,1H3,(H,24,26)(H,25,27). The highest BCUT2D eigenvalue weighted by Crippen LogP contribution is 2.12. The van der Waals surface area contributed by atoms with Crippen LogP contribution in [-0.2, 0) is 11.3 Å². The molecular weight excluding hydrogens is 372 g/mol. The molecule has 0 aliphatic heterocycles. The number of hydrogen-bond acceptors (Lipinski definition) is 6. The van der Waals surface area contributed by atoms with Crippen molar-refractivity contribution in [1.29, 1.82) is 0 Å². The molecule has 0 fully saturated rings. The minimum Gasteiger partial charge on any atom is -0.465 e. The summed E-state index contributed by atoms with van der Waals surface area (Å²) in [5.74, 6) is -1.26. The Morgan fingerprint density at radius 2 is 1.76 bits per heavy atom. The average Bonchev–Trinajstić information content (AvgIpc) is 2.78. The van der Waals surface area contributed by atoms with E-state index < -0.39 is 11.9 Å². The zero-order chi connectivity index (χ0) is 20.6. The van der Waals surface area contributed by atoms with E-state index in [1.54, 1.807) is 30.6 Å². The molecule has 2 heterocycles. The number of amides is 2. The molecule has 0 unspecified atom stereocenters. The van der Waals surface area contributed by atoms with Gasteiger partial charge in [0.2, 0.25) is 0 Å². The summed E-state index contributed by atoms with van der Waals surface area (Å²) >= 11 is 0. The summed E-state index contributed by atoms with van der Waals surface area (Å²) in [6.07, 6.45) is 4.72. The number of nitrogens with zero attached hydrogens (tertiary/aromatic N) is 2. The van der Waals surface area contributed by atoms with Crippen LogP contribution in [0.3, 0.4) is 0 Å². The number of carbonyl (C=O) groups excluding carboxylic acids is 3. The van der Waals surface area contributed by atoms with Gasteiger partial charge in [-0.2, -0.15) is 0 Å². The maximum atomic E-state index is 12.4. The van der Waals surface area contributed by atoms with E-state index in [1.807, 2.05) is 6.07 Å². The molecule has 0 saturated heterocycles. The largest absolute Gasteiger partial charge is 0.465 e. The van der Waals surface area contributed by atoms with Crippen molar-refractivity contribution >= 4 is 23.5 Å². The van der Waals surface area contributed by atoms with Crippen LogP contribution in [-0.4, -0.2) is 34.9 Å². The third-order valence-electron chi connectivity index (χ3n) is 3.99. The zero-order valence-corrected chi connectivity index (χ0v) is 15.6. The Bertz CT molecular complexity index is 1020. The van der Waals surface area contributed by atoms with Crippen LogP contribution in [0.5, 0.6) is 0 Å². The van der Waals surface area contributed by atoms with Crippen molar-refractivity contribution in [2.75, 3.05) is 12.4 Å². The van der Waals surface area contributed by atoms with Crippen molar-refractivity contribution in [3.8, 4) is 0 Å². The van der Waals surface area contributed by atoms with E-state index >= 15 is 0 Å². The van der Waals surface area contributed by atoms with Crippen molar-refractivity contribution in [3.05, 3.63) is 89.5 Å². The number of ether oxygens (including phenoxy) is 1. The Morgan fingerprint density at radius 1 is 0.966 bits per heavy atom. The average molecular weight is 390 g/mol. The first-order chi connectivity index (χ1) is 14.1. The van der Waals surface area contributed by atoms with Crippen LogP contribution in [0.4, 0.5) is 5.69 Å². The molecule has 0 bridgehead atoms. The Hall–Kier alpha value is -4.07. The molecule has 0 aliphatic rings. The number of hydrogen-bond donors (Lipinski definition) is 2. The zero-order valence-electron chi connectivity index (χ0n) is 15.6. The number of aromatic nitrogens is 2. The monoisotopic (exact) mass is 390 g/mol. The molecule has 3 rings (SSSR count). The molecule has 8 nitrogen and oxygen atoms in total. The maximum absolute atomic E-state index is 12.4. The molecule has 2 aromatic heterocycles. The molecule has 0 aliphatic carbocycles. The van der Waals surface area contributed by atoms with Crippen molar-refractivity contribution in [1.82, 2.24) is 15.3 Å². The number of benzene rings is 1. The number of anilines is 1. The first kappa shape index (κ1) is 19.7. The summed E-state index contributed by atoms with van der Waals surface area (Å²) < 4.78 is 4.63. The Morgan fingerprint density at radius 3 is 2.45 bits per heavy atom. The van der Waals surface area contributed by atoms with Crippen LogP contribution in [0.15, 0.2) is 67.1 Å². The lowest BCUT2D eigenvalue weighted by molar-refractivity contribution is 0.0600. The van der Waals surface area contributed by atoms with Crippen molar-refractivity contribution in [3.63, 3.8) is 0 Å². The van der Waals surface area contributed by atoms with E-state index in [2.05, 4.69) is 25.3 Å². The van der Waals surface area contributed by atoms with E-state index in [1.165, 1.54) is 37.6 Å². The van der Waals surface area contributed by atoms with Crippen molar-refractivity contribution in [2.45, 2.75) is 6.54 Å². The summed E-state index contributed by atoms with van der Waals surface area (Å²) in [5.41, 5.74) is 2.13. The van der Waals surface area contributed by atoms with Crippen molar-refractivity contribution < 1.29 is 19.1 Å². The van der Waals surface area contributed by atoms with Gasteiger partial charge in [0, 0.05) is 36.4 Å². The molecule has 0 radical (unpaired) electrons. The molecule has 2 N–H and O–H groups in total. The Balaban J connectivity index is 1.64. The number of pyridine rings is 2. The van der Waals surface area contributed by atoms with Crippen LogP contribution in [0.1, 0.15) is 36.8 Å². The number of carbonyl (C=O) groups is 3. The predicted molar refractivity (Wildman–Crippen MR) is 105 cm³/mol. The van der Waals surface area contributed by atoms with Gasteiger partial charge in [0.1, 0.15) is 5.69 Å². The lowest BCUT2D eigenvalue weighted by Crippen LogP contribution is -2.23. The van der Waals surface area contributed by atoms with Gasteiger partial charge in [0.25, 0.3) is 11.8 Å². The van der Waals surface area contributed by atoms with Crippen LogP contribution in [0.2, 0.25) is 0 Å². The lowest BCUT2D eigenvalue weighted by atomic mass is 10.2. The van der Waals surface area contributed by atoms with Crippen LogP contribution in [0, 0.1) is 0 Å². The smallest absolute Gasteiger partial charge is 0.337 e. The fourth-order valence-corrected chi connectivity index (χ4v) is 2.49. The van der Waals surface area contributed by atoms with Crippen LogP contribution < -0.4 is 10.6 Å². The molecule has 2 amide bonds.